The molecular weight excluding hydrogens is 348 g/mol. The predicted molar refractivity (Wildman–Crippen MR) is 112 cm³/mol. The zero-order valence-electron chi connectivity index (χ0n) is 15.9. The van der Waals surface area contributed by atoms with E-state index in [1.807, 2.05) is 12.1 Å². The van der Waals surface area contributed by atoms with Gasteiger partial charge in [-0.2, -0.15) is 0 Å². The molecule has 0 aromatic carbocycles. The average molecular weight is 383 g/mol. The Kier molecular flexibility index (Phi) is 13.0. The summed E-state index contributed by atoms with van der Waals surface area (Å²) < 4.78 is 0. The summed E-state index contributed by atoms with van der Waals surface area (Å²) in [5, 5.41) is 1.86. The van der Waals surface area contributed by atoms with E-state index in [0.29, 0.717) is 5.56 Å². The van der Waals surface area contributed by atoms with Crippen molar-refractivity contribution in [3.8, 4) is 0 Å². The van der Waals surface area contributed by atoms with Gasteiger partial charge in [0.25, 0.3) is 0 Å². The van der Waals surface area contributed by atoms with Crippen LogP contribution in [0.3, 0.4) is 0 Å². The number of aromatic nitrogens is 1. The lowest BCUT2D eigenvalue weighted by Gasteiger charge is -2.07. The van der Waals surface area contributed by atoms with Gasteiger partial charge in [0.2, 0.25) is 5.91 Å². The highest BCUT2D eigenvalue weighted by Gasteiger charge is 2.08. The number of nitrogens with two attached hydrogens (primary N) is 1. The maximum atomic E-state index is 11.6. The molecule has 0 unspecified atom stereocenters. The Morgan fingerprint density at radius 1 is 0.840 bits per heavy atom. The molecule has 0 atom stereocenters. The maximum absolute atomic E-state index is 11.6. The highest BCUT2D eigenvalue weighted by atomic mass is 32.2. The Morgan fingerprint density at radius 2 is 1.28 bits per heavy atom. The number of hydrogen-bond donors (Lipinski definition) is 1. The van der Waals surface area contributed by atoms with Gasteiger partial charge >= 0.3 is 0 Å². The Labute approximate surface area is 162 Å². The highest BCUT2D eigenvalue weighted by molar-refractivity contribution is 7.99. The van der Waals surface area contributed by atoms with E-state index in [1.165, 1.54) is 64.2 Å². The van der Waals surface area contributed by atoms with Crippen LogP contribution in [0.25, 0.3) is 0 Å². The van der Waals surface area contributed by atoms with E-state index in [2.05, 4.69) is 13.8 Å². The Bertz CT molecular complexity index is 460. The lowest BCUT2D eigenvalue weighted by Crippen LogP contribution is -2.11. The molecule has 0 aliphatic rings. The number of thioether (sulfide) groups is 2. The minimum absolute atomic E-state index is 0.364. The van der Waals surface area contributed by atoms with Gasteiger partial charge in [0.1, 0.15) is 0 Å². The second-order valence-corrected chi connectivity index (χ2v) is 8.65. The van der Waals surface area contributed by atoms with E-state index in [1.54, 1.807) is 23.5 Å². The van der Waals surface area contributed by atoms with Gasteiger partial charge in [0, 0.05) is 5.56 Å². The van der Waals surface area contributed by atoms with E-state index in [-0.39, 0.29) is 5.91 Å². The number of carbonyl (C=O) groups excluding carboxylic acids is 1. The van der Waals surface area contributed by atoms with Gasteiger partial charge in [-0.3, -0.25) is 4.79 Å². The Balaban J connectivity index is 2.45. The molecule has 1 rings (SSSR count). The lowest BCUT2D eigenvalue weighted by molar-refractivity contribution is 0.0999. The van der Waals surface area contributed by atoms with Gasteiger partial charge < -0.3 is 5.73 Å². The van der Waals surface area contributed by atoms with Crippen molar-refractivity contribution in [3.63, 3.8) is 0 Å². The number of nitrogens with zero attached hydrogens (tertiary/aromatic N) is 1. The van der Waals surface area contributed by atoms with E-state index >= 15 is 0 Å². The molecule has 1 heterocycles. The summed E-state index contributed by atoms with van der Waals surface area (Å²) in [5.74, 6) is 1.75. The summed E-state index contributed by atoms with van der Waals surface area (Å²) in [7, 11) is 0. The number of amides is 1. The van der Waals surface area contributed by atoms with E-state index in [9.17, 15) is 4.79 Å². The van der Waals surface area contributed by atoms with Crippen LogP contribution in [0, 0.1) is 0 Å². The zero-order valence-corrected chi connectivity index (χ0v) is 17.5. The SMILES string of the molecule is CCCCCCCSc1cc(C(N)=O)cc(SCCCCCCC)n1. The summed E-state index contributed by atoms with van der Waals surface area (Å²) in [6.07, 6.45) is 12.8. The Hall–Kier alpha value is -0.680. The van der Waals surface area contributed by atoms with Crippen LogP contribution in [0.1, 0.15) is 88.4 Å². The van der Waals surface area contributed by atoms with E-state index in [0.717, 1.165) is 21.6 Å². The fraction of sp³-hybridized carbons (Fsp3) is 0.700. The summed E-state index contributed by atoms with van der Waals surface area (Å²) >= 11 is 3.48. The molecule has 0 saturated heterocycles. The summed E-state index contributed by atoms with van der Waals surface area (Å²) in [4.78, 5) is 16.3. The van der Waals surface area contributed by atoms with Crippen LogP contribution in [-0.2, 0) is 0 Å². The van der Waals surface area contributed by atoms with Crippen molar-refractivity contribution >= 4 is 29.4 Å². The van der Waals surface area contributed by atoms with Gasteiger partial charge in [-0.25, -0.2) is 4.98 Å². The minimum atomic E-state index is -0.364. The van der Waals surface area contributed by atoms with Crippen molar-refractivity contribution in [1.82, 2.24) is 4.98 Å². The molecule has 1 aromatic rings. The van der Waals surface area contributed by atoms with Crippen molar-refractivity contribution in [1.29, 1.82) is 0 Å². The largest absolute Gasteiger partial charge is 0.366 e. The first-order valence-corrected chi connectivity index (χ1v) is 11.7. The summed E-state index contributed by atoms with van der Waals surface area (Å²) in [6, 6.07) is 3.68. The van der Waals surface area contributed by atoms with Crippen LogP contribution in [0.2, 0.25) is 0 Å². The van der Waals surface area contributed by atoms with Crippen LogP contribution >= 0.6 is 23.5 Å². The van der Waals surface area contributed by atoms with Gasteiger partial charge in [-0.15, -0.1) is 23.5 Å². The fourth-order valence-electron chi connectivity index (χ4n) is 2.54. The average Bonchev–Trinajstić information content (AvgIpc) is 2.61. The quantitative estimate of drug-likeness (QED) is 0.285. The number of rotatable bonds is 15. The molecule has 0 radical (unpaired) electrons. The third-order valence-electron chi connectivity index (χ3n) is 4.06. The normalized spacial score (nSPS) is 11.0. The van der Waals surface area contributed by atoms with Crippen LogP contribution < -0.4 is 5.73 Å². The number of carbonyl (C=O) groups is 1. The predicted octanol–water partition coefficient (Wildman–Crippen LogP) is 6.31. The second kappa shape index (κ2) is 14.5. The molecule has 0 aliphatic carbocycles. The molecule has 1 aromatic heterocycles. The molecular formula is C20H34N2OS2. The zero-order chi connectivity index (χ0) is 18.3. The van der Waals surface area contributed by atoms with Crippen molar-refractivity contribution in [2.24, 2.45) is 5.73 Å². The first-order valence-electron chi connectivity index (χ1n) is 9.74. The lowest BCUT2D eigenvalue weighted by atomic mass is 10.2. The molecule has 1 amide bonds. The van der Waals surface area contributed by atoms with Gasteiger partial charge in [0.05, 0.1) is 10.1 Å². The van der Waals surface area contributed by atoms with Crippen LogP contribution in [-0.4, -0.2) is 22.4 Å². The maximum Gasteiger partial charge on any atom is 0.248 e. The topological polar surface area (TPSA) is 56.0 Å². The van der Waals surface area contributed by atoms with Crippen molar-refractivity contribution in [2.75, 3.05) is 11.5 Å². The molecule has 3 nitrogen and oxygen atoms in total. The standard InChI is InChI=1S/C20H34N2OS2/c1-3-5-7-9-11-13-24-18-15-17(20(21)23)16-19(22-18)25-14-12-10-8-6-4-2/h15-16H,3-14H2,1-2H3,(H2,21,23). The first kappa shape index (κ1) is 22.4. The van der Waals surface area contributed by atoms with Crippen LogP contribution in [0.4, 0.5) is 0 Å². The van der Waals surface area contributed by atoms with Gasteiger partial charge in [-0.05, 0) is 36.5 Å². The number of unbranched alkanes of at least 4 members (excludes halogenated alkanes) is 8. The van der Waals surface area contributed by atoms with Crippen LogP contribution in [0.15, 0.2) is 22.2 Å². The van der Waals surface area contributed by atoms with Crippen LogP contribution in [0.5, 0.6) is 0 Å². The number of hydrogen-bond acceptors (Lipinski definition) is 4. The third kappa shape index (κ3) is 10.8. The van der Waals surface area contributed by atoms with E-state index in [4.69, 9.17) is 10.7 Å². The summed E-state index contributed by atoms with van der Waals surface area (Å²) in [5.41, 5.74) is 6.07. The van der Waals surface area contributed by atoms with Crippen molar-refractivity contribution in [3.05, 3.63) is 17.7 Å². The summed E-state index contributed by atoms with van der Waals surface area (Å²) in [6.45, 7) is 4.47. The molecule has 2 N–H and O–H groups in total. The smallest absolute Gasteiger partial charge is 0.248 e. The van der Waals surface area contributed by atoms with Gasteiger partial charge in [-0.1, -0.05) is 65.2 Å². The molecule has 5 heteroatoms. The molecule has 0 spiro atoms. The molecule has 0 aliphatic heterocycles. The number of pyridine rings is 1. The van der Waals surface area contributed by atoms with Crippen molar-refractivity contribution in [2.45, 2.75) is 88.1 Å². The highest BCUT2D eigenvalue weighted by Crippen LogP contribution is 2.25. The minimum Gasteiger partial charge on any atom is -0.366 e. The first-order chi connectivity index (χ1) is 12.2. The molecule has 142 valence electrons. The van der Waals surface area contributed by atoms with Crippen molar-refractivity contribution < 1.29 is 4.79 Å². The molecule has 25 heavy (non-hydrogen) atoms. The Morgan fingerprint density at radius 3 is 1.68 bits per heavy atom. The number of primary amides is 1. The monoisotopic (exact) mass is 382 g/mol. The third-order valence-corrected chi connectivity index (χ3v) is 6.05. The molecule has 0 saturated carbocycles. The molecule has 0 bridgehead atoms. The van der Waals surface area contributed by atoms with E-state index < -0.39 is 0 Å². The second-order valence-electron chi connectivity index (χ2n) is 6.42. The molecule has 0 fully saturated rings. The van der Waals surface area contributed by atoms with Gasteiger partial charge in [0.15, 0.2) is 0 Å². The fourth-order valence-corrected chi connectivity index (χ4v) is 4.46.